The summed E-state index contributed by atoms with van der Waals surface area (Å²) in [5.41, 5.74) is 1.48. The molecule has 0 unspecified atom stereocenters. The van der Waals surface area contributed by atoms with Crippen LogP contribution in [0.15, 0.2) is 47.5 Å². The second kappa shape index (κ2) is 10.2. The van der Waals surface area contributed by atoms with Gasteiger partial charge in [-0.2, -0.15) is 0 Å². The van der Waals surface area contributed by atoms with Gasteiger partial charge in [0, 0.05) is 31.2 Å². The molecule has 1 aliphatic heterocycles. The number of ether oxygens (including phenoxy) is 1. The fraction of sp³-hybridized carbons (Fsp3) is 0.550. The van der Waals surface area contributed by atoms with Crippen LogP contribution < -0.4 is 10.6 Å². The van der Waals surface area contributed by atoms with Gasteiger partial charge in [0.1, 0.15) is 0 Å². The number of halogens is 1. The summed E-state index contributed by atoms with van der Waals surface area (Å²) < 4.78 is 5.62. The molecule has 2 aliphatic rings. The predicted molar refractivity (Wildman–Crippen MR) is 115 cm³/mol. The molecule has 1 aliphatic carbocycles. The summed E-state index contributed by atoms with van der Waals surface area (Å²) in [6.07, 6.45) is 8.72. The second-order valence-corrected chi connectivity index (χ2v) is 6.74. The first kappa shape index (κ1) is 20.2. The van der Waals surface area contributed by atoms with E-state index in [9.17, 15) is 0 Å². The number of rotatable bonds is 5. The largest absolute Gasteiger partial charge is 0.381 e. The first-order valence-corrected chi connectivity index (χ1v) is 9.15. The van der Waals surface area contributed by atoms with Crippen molar-refractivity contribution >= 4 is 29.9 Å². The van der Waals surface area contributed by atoms with E-state index in [2.05, 4.69) is 60.0 Å². The van der Waals surface area contributed by atoms with E-state index in [0.717, 1.165) is 57.9 Å². The van der Waals surface area contributed by atoms with Crippen molar-refractivity contribution in [2.75, 3.05) is 26.3 Å². The molecular formula is C20H30IN3O. The van der Waals surface area contributed by atoms with Crippen molar-refractivity contribution in [1.82, 2.24) is 10.6 Å². The van der Waals surface area contributed by atoms with Gasteiger partial charge in [0.15, 0.2) is 5.96 Å². The standard InChI is InChI=1S/C20H29N3O.HI/c1-2-21-19(23-18-10-6-7-11-18)22-16-20(12-14-24-15-13-20)17-8-4-3-5-9-17;/h3-9,18H,2,10-16H2,1H3,(H2,21,22,23);1H. The lowest BCUT2D eigenvalue weighted by atomic mass is 9.74. The summed E-state index contributed by atoms with van der Waals surface area (Å²) in [5, 5.41) is 6.97. The highest BCUT2D eigenvalue weighted by molar-refractivity contribution is 14.0. The third-order valence-corrected chi connectivity index (χ3v) is 5.07. The Morgan fingerprint density at radius 2 is 1.84 bits per heavy atom. The van der Waals surface area contributed by atoms with Crippen molar-refractivity contribution in [3.63, 3.8) is 0 Å². The average molecular weight is 455 g/mol. The quantitative estimate of drug-likeness (QED) is 0.309. The van der Waals surface area contributed by atoms with Gasteiger partial charge in [-0.25, -0.2) is 0 Å². The van der Waals surface area contributed by atoms with Crippen LogP contribution in [0.4, 0.5) is 0 Å². The molecule has 1 aromatic rings. The van der Waals surface area contributed by atoms with E-state index < -0.39 is 0 Å². The van der Waals surface area contributed by atoms with Crippen molar-refractivity contribution < 1.29 is 4.74 Å². The van der Waals surface area contributed by atoms with E-state index in [0.29, 0.717) is 6.04 Å². The summed E-state index contributed by atoms with van der Waals surface area (Å²) in [7, 11) is 0. The van der Waals surface area contributed by atoms with Gasteiger partial charge in [-0.1, -0.05) is 42.5 Å². The summed E-state index contributed by atoms with van der Waals surface area (Å²) in [6.45, 7) is 5.44. The second-order valence-electron chi connectivity index (χ2n) is 6.74. The molecule has 0 spiro atoms. The van der Waals surface area contributed by atoms with Crippen LogP contribution in [0.5, 0.6) is 0 Å². The number of hydrogen-bond donors (Lipinski definition) is 2. The molecule has 4 nitrogen and oxygen atoms in total. The third kappa shape index (κ3) is 5.45. The van der Waals surface area contributed by atoms with Gasteiger partial charge in [-0.05, 0) is 38.2 Å². The van der Waals surface area contributed by atoms with Gasteiger partial charge >= 0.3 is 0 Å². The molecule has 1 aromatic carbocycles. The zero-order chi connectivity index (χ0) is 16.7. The van der Waals surface area contributed by atoms with Crippen molar-refractivity contribution in [3.05, 3.63) is 48.0 Å². The van der Waals surface area contributed by atoms with Crippen LogP contribution in [0.1, 0.15) is 38.2 Å². The number of nitrogens with zero attached hydrogens (tertiary/aromatic N) is 1. The van der Waals surface area contributed by atoms with E-state index in [1.807, 2.05) is 0 Å². The maximum atomic E-state index is 5.62. The number of hydrogen-bond acceptors (Lipinski definition) is 2. The molecule has 0 amide bonds. The lowest BCUT2D eigenvalue weighted by Gasteiger charge is -2.36. The van der Waals surface area contributed by atoms with Crippen molar-refractivity contribution in [2.24, 2.45) is 4.99 Å². The Morgan fingerprint density at radius 1 is 1.16 bits per heavy atom. The Balaban J connectivity index is 0.00000225. The molecule has 0 aromatic heterocycles. The average Bonchev–Trinajstić information content (AvgIpc) is 3.15. The first-order chi connectivity index (χ1) is 11.8. The Hall–Kier alpha value is -1.08. The molecule has 0 radical (unpaired) electrons. The summed E-state index contributed by atoms with van der Waals surface area (Å²) in [5.74, 6) is 0.938. The number of benzene rings is 1. The van der Waals surface area contributed by atoms with Gasteiger partial charge < -0.3 is 15.4 Å². The zero-order valence-corrected chi connectivity index (χ0v) is 17.4. The van der Waals surface area contributed by atoms with Gasteiger partial charge in [0.05, 0.1) is 6.54 Å². The summed E-state index contributed by atoms with van der Waals surface area (Å²) in [6, 6.07) is 11.3. The molecule has 0 bridgehead atoms. The molecule has 5 heteroatoms. The van der Waals surface area contributed by atoms with E-state index in [1.54, 1.807) is 0 Å². The highest BCUT2D eigenvalue weighted by Crippen LogP contribution is 2.35. The Morgan fingerprint density at radius 3 is 2.48 bits per heavy atom. The lowest BCUT2D eigenvalue weighted by molar-refractivity contribution is 0.0531. The molecule has 0 atom stereocenters. The molecule has 1 heterocycles. The summed E-state index contributed by atoms with van der Waals surface area (Å²) >= 11 is 0. The number of guanidine groups is 1. The first-order valence-electron chi connectivity index (χ1n) is 9.15. The summed E-state index contributed by atoms with van der Waals surface area (Å²) in [4.78, 5) is 4.96. The third-order valence-electron chi connectivity index (χ3n) is 5.07. The lowest BCUT2D eigenvalue weighted by Crippen LogP contribution is -2.44. The highest BCUT2D eigenvalue weighted by Gasteiger charge is 2.34. The van der Waals surface area contributed by atoms with E-state index in [-0.39, 0.29) is 29.4 Å². The monoisotopic (exact) mass is 455 g/mol. The molecule has 25 heavy (non-hydrogen) atoms. The van der Waals surface area contributed by atoms with Crippen LogP contribution in [0.2, 0.25) is 0 Å². The molecule has 1 saturated heterocycles. The van der Waals surface area contributed by atoms with E-state index in [4.69, 9.17) is 9.73 Å². The van der Waals surface area contributed by atoms with Crippen molar-refractivity contribution in [1.29, 1.82) is 0 Å². The maximum absolute atomic E-state index is 5.62. The zero-order valence-electron chi connectivity index (χ0n) is 15.0. The van der Waals surface area contributed by atoms with Gasteiger partial charge in [0.2, 0.25) is 0 Å². The van der Waals surface area contributed by atoms with Gasteiger partial charge in [0.25, 0.3) is 0 Å². The van der Waals surface area contributed by atoms with E-state index >= 15 is 0 Å². The molecule has 3 rings (SSSR count). The molecule has 2 N–H and O–H groups in total. The van der Waals surface area contributed by atoms with E-state index in [1.165, 1.54) is 5.56 Å². The van der Waals surface area contributed by atoms with Crippen LogP contribution in [-0.2, 0) is 10.2 Å². The van der Waals surface area contributed by atoms with Crippen LogP contribution >= 0.6 is 24.0 Å². The van der Waals surface area contributed by atoms with Crippen LogP contribution in [0, 0.1) is 0 Å². The normalized spacial score (nSPS) is 20.1. The Bertz CT molecular complexity index is 560. The molecule has 1 fully saturated rings. The maximum Gasteiger partial charge on any atom is 0.191 e. The highest BCUT2D eigenvalue weighted by atomic mass is 127. The van der Waals surface area contributed by atoms with Gasteiger partial charge in [-0.15, -0.1) is 24.0 Å². The predicted octanol–water partition coefficient (Wildman–Crippen LogP) is 3.63. The number of aliphatic imine (C=N–C) groups is 1. The fourth-order valence-corrected chi connectivity index (χ4v) is 3.57. The fourth-order valence-electron chi connectivity index (χ4n) is 3.57. The molecule has 138 valence electrons. The van der Waals surface area contributed by atoms with Crippen LogP contribution in [-0.4, -0.2) is 38.3 Å². The SMILES string of the molecule is CCNC(=NCC1(c2ccccc2)CCOCC1)NC1CC=CC1.I. The molecule has 0 saturated carbocycles. The topological polar surface area (TPSA) is 45.7 Å². The van der Waals surface area contributed by atoms with Crippen LogP contribution in [0.25, 0.3) is 0 Å². The Labute approximate surface area is 168 Å². The van der Waals surface area contributed by atoms with Crippen molar-refractivity contribution in [2.45, 2.75) is 44.1 Å². The smallest absolute Gasteiger partial charge is 0.191 e. The van der Waals surface area contributed by atoms with Crippen LogP contribution in [0.3, 0.4) is 0 Å². The minimum Gasteiger partial charge on any atom is -0.381 e. The minimum atomic E-state index is 0. The molecular weight excluding hydrogens is 425 g/mol. The minimum absolute atomic E-state index is 0. The van der Waals surface area contributed by atoms with Gasteiger partial charge in [-0.3, -0.25) is 4.99 Å². The Kier molecular flexibility index (Phi) is 8.22. The number of nitrogens with one attached hydrogen (secondary N) is 2. The van der Waals surface area contributed by atoms with Crippen molar-refractivity contribution in [3.8, 4) is 0 Å².